The molecule has 0 unspecified atom stereocenters. The number of nitro groups is 1. The van der Waals surface area contributed by atoms with Crippen molar-refractivity contribution in [2.24, 2.45) is 0 Å². The van der Waals surface area contributed by atoms with Gasteiger partial charge in [0.05, 0.1) is 4.92 Å². The summed E-state index contributed by atoms with van der Waals surface area (Å²) in [5, 5.41) is 14.3. The fourth-order valence-electron chi connectivity index (χ4n) is 1.51. The molecule has 0 aromatic heterocycles. The second kappa shape index (κ2) is 6.54. The van der Waals surface area contributed by atoms with Crippen LogP contribution in [0.3, 0.4) is 0 Å². The van der Waals surface area contributed by atoms with Gasteiger partial charge in [0.25, 0.3) is 5.69 Å². The summed E-state index contributed by atoms with van der Waals surface area (Å²) in [6.07, 6.45) is 0. The molecule has 0 heterocycles. The Morgan fingerprint density at radius 2 is 2.24 bits per heavy atom. The third-order valence-corrected chi connectivity index (χ3v) is 2.66. The van der Waals surface area contributed by atoms with E-state index in [9.17, 15) is 10.1 Å². The van der Waals surface area contributed by atoms with Crippen LogP contribution in [0, 0.1) is 10.1 Å². The number of nitrogens with zero attached hydrogens (tertiary/aromatic N) is 2. The van der Waals surface area contributed by atoms with Gasteiger partial charge in [0.15, 0.2) is 0 Å². The standard InChI is InChI=1S/C11H16ClN3O2/c1-13-5-6-14(2)8-9-3-4-10(12)7-11(9)15(16)17/h3-4,7,13H,5-6,8H2,1-2H3. The number of hydrogen-bond acceptors (Lipinski definition) is 4. The molecule has 1 rings (SSSR count). The van der Waals surface area contributed by atoms with E-state index in [1.807, 2.05) is 19.0 Å². The molecule has 0 saturated carbocycles. The highest BCUT2D eigenvalue weighted by Gasteiger charge is 2.15. The monoisotopic (exact) mass is 257 g/mol. The molecule has 0 radical (unpaired) electrons. The van der Waals surface area contributed by atoms with Crippen LogP contribution in [-0.2, 0) is 6.54 Å². The predicted molar refractivity (Wildman–Crippen MR) is 68.4 cm³/mol. The molecule has 94 valence electrons. The third-order valence-electron chi connectivity index (χ3n) is 2.43. The first-order valence-electron chi connectivity index (χ1n) is 5.30. The normalized spacial score (nSPS) is 10.8. The molecule has 1 N–H and O–H groups in total. The number of nitro benzene ring substituents is 1. The molecule has 0 aliphatic rings. The van der Waals surface area contributed by atoms with Crippen molar-refractivity contribution >= 4 is 17.3 Å². The maximum atomic E-state index is 10.9. The Bertz CT molecular complexity index is 398. The average Bonchev–Trinajstić information content (AvgIpc) is 2.28. The van der Waals surface area contributed by atoms with Gasteiger partial charge in [-0.2, -0.15) is 0 Å². The van der Waals surface area contributed by atoms with Gasteiger partial charge in [0.2, 0.25) is 0 Å². The van der Waals surface area contributed by atoms with Gasteiger partial charge in [-0.05, 0) is 26.2 Å². The molecule has 1 aromatic carbocycles. The summed E-state index contributed by atoms with van der Waals surface area (Å²) in [6.45, 7) is 2.21. The minimum atomic E-state index is -0.396. The molecule has 0 bridgehead atoms. The highest BCUT2D eigenvalue weighted by atomic mass is 35.5. The van der Waals surface area contributed by atoms with Crippen LogP contribution in [0.25, 0.3) is 0 Å². The number of hydrogen-bond donors (Lipinski definition) is 1. The van der Waals surface area contributed by atoms with E-state index in [0.29, 0.717) is 17.1 Å². The number of likely N-dealkylation sites (N-methyl/N-ethyl adjacent to an activating group) is 2. The highest BCUT2D eigenvalue weighted by molar-refractivity contribution is 6.30. The lowest BCUT2D eigenvalue weighted by atomic mass is 10.1. The van der Waals surface area contributed by atoms with Crippen LogP contribution in [0.5, 0.6) is 0 Å². The van der Waals surface area contributed by atoms with Gasteiger partial charge < -0.3 is 10.2 Å². The van der Waals surface area contributed by atoms with Crippen LogP contribution in [-0.4, -0.2) is 37.0 Å². The van der Waals surface area contributed by atoms with Crippen molar-refractivity contribution in [1.82, 2.24) is 10.2 Å². The summed E-state index contributed by atoms with van der Waals surface area (Å²) in [5.41, 5.74) is 0.756. The van der Waals surface area contributed by atoms with Crippen LogP contribution in [0.2, 0.25) is 5.02 Å². The lowest BCUT2D eigenvalue weighted by molar-refractivity contribution is -0.385. The van der Waals surface area contributed by atoms with Crippen molar-refractivity contribution in [1.29, 1.82) is 0 Å². The zero-order chi connectivity index (χ0) is 12.8. The zero-order valence-electron chi connectivity index (χ0n) is 9.94. The second-order valence-corrected chi connectivity index (χ2v) is 4.31. The quantitative estimate of drug-likeness (QED) is 0.625. The van der Waals surface area contributed by atoms with E-state index >= 15 is 0 Å². The number of halogens is 1. The Morgan fingerprint density at radius 3 is 2.82 bits per heavy atom. The van der Waals surface area contributed by atoms with Crippen molar-refractivity contribution in [3.63, 3.8) is 0 Å². The fraction of sp³-hybridized carbons (Fsp3) is 0.455. The van der Waals surface area contributed by atoms with Crippen LogP contribution >= 0.6 is 11.6 Å². The molecule has 0 amide bonds. The molecular formula is C11H16ClN3O2. The van der Waals surface area contributed by atoms with E-state index in [-0.39, 0.29) is 5.69 Å². The van der Waals surface area contributed by atoms with E-state index in [0.717, 1.165) is 13.1 Å². The maximum absolute atomic E-state index is 10.9. The molecular weight excluding hydrogens is 242 g/mol. The molecule has 6 heteroatoms. The van der Waals surface area contributed by atoms with Gasteiger partial charge >= 0.3 is 0 Å². The smallest absolute Gasteiger partial charge is 0.275 e. The Hall–Kier alpha value is -1.17. The SMILES string of the molecule is CNCCN(C)Cc1ccc(Cl)cc1[N+](=O)[O-]. The summed E-state index contributed by atoms with van der Waals surface area (Å²) in [4.78, 5) is 12.5. The number of nitrogens with one attached hydrogen (secondary N) is 1. The maximum Gasteiger partial charge on any atom is 0.275 e. The van der Waals surface area contributed by atoms with Crippen LogP contribution in [0.15, 0.2) is 18.2 Å². The van der Waals surface area contributed by atoms with Crippen molar-refractivity contribution in [2.45, 2.75) is 6.54 Å². The van der Waals surface area contributed by atoms with Crippen molar-refractivity contribution in [3.05, 3.63) is 38.9 Å². The number of benzene rings is 1. The minimum absolute atomic E-state index is 0.0776. The van der Waals surface area contributed by atoms with Gasteiger partial charge in [-0.25, -0.2) is 0 Å². The van der Waals surface area contributed by atoms with Crippen molar-refractivity contribution in [3.8, 4) is 0 Å². The minimum Gasteiger partial charge on any atom is -0.318 e. The molecule has 0 fully saturated rings. The van der Waals surface area contributed by atoms with Gasteiger partial charge in [-0.15, -0.1) is 0 Å². The van der Waals surface area contributed by atoms with E-state index in [4.69, 9.17) is 11.6 Å². The molecule has 0 saturated heterocycles. The van der Waals surface area contributed by atoms with Crippen LogP contribution in [0.1, 0.15) is 5.56 Å². The van der Waals surface area contributed by atoms with E-state index in [2.05, 4.69) is 5.32 Å². The topological polar surface area (TPSA) is 58.4 Å². The summed E-state index contributed by atoms with van der Waals surface area (Å²) in [5.74, 6) is 0. The van der Waals surface area contributed by atoms with Crippen LogP contribution < -0.4 is 5.32 Å². The third kappa shape index (κ3) is 4.30. The molecule has 5 nitrogen and oxygen atoms in total. The van der Waals surface area contributed by atoms with E-state index in [1.54, 1.807) is 12.1 Å². The Labute approximate surface area is 106 Å². The predicted octanol–water partition coefficient (Wildman–Crippen LogP) is 1.90. The summed E-state index contributed by atoms with van der Waals surface area (Å²) in [7, 11) is 3.80. The Balaban J connectivity index is 2.79. The van der Waals surface area contributed by atoms with Crippen LogP contribution in [0.4, 0.5) is 5.69 Å². The molecule has 0 aliphatic heterocycles. The van der Waals surface area contributed by atoms with Crippen molar-refractivity contribution < 1.29 is 4.92 Å². The first-order chi connectivity index (χ1) is 8.04. The molecule has 0 aliphatic carbocycles. The molecule has 1 aromatic rings. The fourth-order valence-corrected chi connectivity index (χ4v) is 1.68. The summed E-state index contributed by atoms with van der Waals surface area (Å²) < 4.78 is 0. The van der Waals surface area contributed by atoms with E-state index in [1.165, 1.54) is 6.07 Å². The average molecular weight is 258 g/mol. The van der Waals surface area contributed by atoms with Gasteiger partial charge in [0.1, 0.15) is 0 Å². The Kier molecular flexibility index (Phi) is 5.34. The van der Waals surface area contributed by atoms with Gasteiger partial charge in [0, 0.05) is 36.3 Å². The first-order valence-corrected chi connectivity index (χ1v) is 5.68. The highest BCUT2D eigenvalue weighted by Crippen LogP contribution is 2.24. The van der Waals surface area contributed by atoms with E-state index < -0.39 is 4.92 Å². The van der Waals surface area contributed by atoms with Crippen molar-refractivity contribution in [2.75, 3.05) is 27.2 Å². The number of rotatable bonds is 6. The lowest BCUT2D eigenvalue weighted by Crippen LogP contribution is -2.27. The first kappa shape index (κ1) is 13.9. The molecule has 0 spiro atoms. The molecule has 17 heavy (non-hydrogen) atoms. The largest absolute Gasteiger partial charge is 0.318 e. The summed E-state index contributed by atoms with van der Waals surface area (Å²) in [6, 6.07) is 4.77. The van der Waals surface area contributed by atoms with Gasteiger partial charge in [-0.3, -0.25) is 10.1 Å². The Morgan fingerprint density at radius 1 is 1.53 bits per heavy atom. The second-order valence-electron chi connectivity index (χ2n) is 3.87. The lowest BCUT2D eigenvalue weighted by Gasteiger charge is -2.16. The summed E-state index contributed by atoms with van der Waals surface area (Å²) >= 11 is 5.75. The molecule has 0 atom stereocenters. The zero-order valence-corrected chi connectivity index (χ0v) is 10.7. The van der Waals surface area contributed by atoms with Gasteiger partial charge in [-0.1, -0.05) is 11.6 Å².